The molecule has 0 heterocycles. The number of methoxy groups -OCH3 is 1. The van der Waals surface area contributed by atoms with Crippen molar-refractivity contribution in [1.82, 2.24) is 0 Å². The van der Waals surface area contributed by atoms with E-state index in [1.165, 1.54) is 13.2 Å². The Labute approximate surface area is 144 Å². The van der Waals surface area contributed by atoms with Crippen LogP contribution in [-0.2, 0) is 4.74 Å². The topological polar surface area (TPSA) is 72.8 Å². The molecule has 0 aliphatic carbocycles. The lowest BCUT2D eigenvalue weighted by Gasteiger charge is -2.08. The molecule has 3 aromatic carbocycles. The van der Waals surface area contributed by atoms with Crippen LogP contribution in [-0.4, -0.2) is 30.6 Å². The second-order valence-corrected chi connectivity index (χ2v) is 5.44. The number of hydrogen-bond donors (Lipinski definition) is 1. The van der Waals surface area contributed by atoms with Gasteiger partial charge < -0.3 is 14.6 Å². The van der Waals surface area contributed by atoms with Gasteiger partial charge in [-0.25, -0.2) is 4.79 Å². The summed E-state index contributed by atoms with van der Waals surface area (Å²) in [7, 11) is 1.54. The highest BCUT2D eigenvalue weighted by molar-refractivity contribution is 6.01. The normalized spacial score (nSPS) is 10.4. The average Bonchev–Trinajstić information content (AvgIpc) is 2.65. The number of phenolic OH excluding ortho intramolecular Hbond substituents is 1. The van der Waals surface area contributed by atoms with Crippen LogP contribution in [0.3, 0.4) is 0 Å². The molecule has 0 atom stereocenters. The Bertz CT molecular complexity index is 928. The van der Waals surface area contributed by atoms with E-state index in [-0.39, 0.29) is 17.1 Å². The lowest BCUT2D eigenvalue weighted by Crippen LogP contribution is -2.14. The van der Waals surface area contributed by atoms with E-state index < -0.39 is 12.6 Å². The third-order valence-corrected chi connectivity index (χ3v) is 3.83. The van der Waals surface area contributed by atoms with Gasteiger partial charge in [0, 0.05) is 5.56 Å². The minimum Gasteiger partial charge on any atom is -0.507 e. The van der Waals surface area contributed by atoms with E-state index in [1.807, 2.05) is 24.3 Å². The van der Waals surface area contributed by atoms with E-state index in [1.54, 1.807) is 30.3 Å². The number of benzene rings is 3. The number of hydrogen-bond acceptors (Lipinski definition) is 5. The Balaban J connectivity index is 1.71. The summed E-state index contributed by atoms with van der Waals surface area (Å²) in [5.41, 5.74) is 0.442. The maximum atomic E-state index is 12.2. The van der Waals surface area contributed by atoms with Crippen LogP contribution in [0.4, 0.5) is 0 Å². The molecule has 0 fully saturated rings. The molecular formula is C20H16O5. The van der Waals surface area contributed by atoms with Crippen LogP contribution in [0.25, 0.3) is 10.8 Å². The minimum absolute atomic E-state index is 0.0289. The third kappa shape index (κ3) is 3.61. The number of fused-ring (bicyclic) bond motifs is 1. The number of rotatable bonds is 5. The lowest BCUT2D eigenvalue weighted by atomic mass is 10.1. The van der Waals surface area contributed by atoms with Gasteiger partial charge in [0.1, 0.15) is 17.1 Å². The smallest absolute Gasteiger partial charge is 0.342 e. The number of aromatic hydroxyl groups is 1. The van der Waals surface area contributed by atoms with Gasteiger partial charge in [0.15, 0.2) is 12.4 Å². The van der Waals surface area contributed by atoms with Gasteiger partial charge in [-0.3, -0.25) is 4.79 Å². The van der Waals surface area contributed by atoms with Gasteiger partial charge in [0.25, 0.3) is 0 Å². The lowest BCUT2D eigenvalue weighted by molar-refractivity contribution is 0.0472. The molecule has 0 amide bonds. The molecule has 0 unspecified atom stereocenters. The van der Waals surface area contributed by atoms with Crippen molar-refractivity contribution >= 4 is 22.5 Å². The van der Waals surface area contributed by atoms with Crippen LogP contribution in [0, 0.1) is 0 Å². The van der Waals surface area contributed by atoms with Crippen LogP contribution in [0.1, 0.15) is 20.7 Å². The second kappa shape index (κ2) is 7.05. The monoisotopic (exact) mass is 336 g/mol. The van der Waals surface area contributed by atoms with Crippen molar-refractivity contribution in [3.05, 3.63) is 71.8 Å². The predicted octanol–water partition coefficient (Wildman–Crippen LogP) is 3.59. The number of esters is 1. The highest BCUT2D eigenvalue weighted by Gasteiger charge is 2.16. The molecule has 0 spiro atoms. The first-order valence-electron chi connectivity index (χ1n) is 7.64. The number of phenols is 1. The summed E-state index contributed by atoms with van der Waals surface area (Å²) >= 11 is 0. The van der Waals surface area contributed by atoms with Gasteiger partial charge in [-0.2, -0.15) is 0 Å². The Morgan fingerprint density at radius 1 is 0.960 bits per heavy atom. The van der Waals surface area contributed by atoms with Crippen molar-refractivity contribution in [2.45, 2.75) is 0 Å². The molecule has 0 aromatic heterocycles. The van der Waals surface area contributed by atoms with Gasteiger partial charge in [-0.1, -0.05) is 24.3 Å². The highest BCUT2D eigenvalue weighted by atomic mass is 16.5. The molecule has 25 heavy (non-hydrogen) atoms. The van der Waals surface area contributed by atoms with Crippen molar-refractivity contribution < 1.29 is 24.2 Å². The zero-order valence-corrected chi connectivity index (χ0v) is 13.6. The minimum atomic E-state index is -0.745. The van der Waals surface area contributed by atoms with Gasteiger partial charge >= 0.3 is 5.97 Å². The number of ketones is 1. The van der Waals surface area contributed by atoms with Crippen LogP contribution in [0.2, 0.25) is 0 Å². The van der Waals surface area contributed by atoms with Crippen molar-refractivity contribution in [3.63, 3.8) is 0 Å². The molecule has 5 heteroatoms. The standard InChI is InChI=1S/C20H16O5/c1-24-16-8-6-13(7-9-16)19(22)12-25-20(23)17-10-14-4-2-3-5-15(14)11-18(17)21/h2-11,21H,12H2,1H3. The Hall–Kier alpha value is -3.34. The van der Waals surface area contributed by atoms with E-state index in [0.29, 0.717) is 11.3 Å². The van der Waals surface area contributed by atoms with Gasteiger partial charge in [-0.15, -0.1) is 0 Å². The Morgan fingerprint density at radius 3 is 2.24 bits per heavy atom. The first-order valence-corrected chi connectivity index (χ1v) is 7.64. The van der Waals surface area contributed by atoms with E-state index in [9.17, 15) is 14.7 Å². The van der Waals surface area contributed by atoms with Gasteiger partial charge in [0.2, 0.25) is 0 Å². The van der Waals surface area contributed by atoms with E-state index in [0.717, 1.165) is 10.8 Å². The van der Waals surface area contributed by atoms with Crippen molar-refractivity contribution in [2.75, 3.05) is 13.7 Å². The summed E-state index contributed by atoms with van der Waals surface area (Å²) < 4.78 is 10.1. The second-order valence-electron chi connectivity index (χ2n) is 5.44. The third-order valence-electron chi connectivity index (χ3n) is 3.83. The van der Waals surface area contributed by atoms with Crippen molar-refractivity contribution in [1.29, 1.82) is 0 Å². The predicted molar refractivity (Wildman–Crippen MR) is 93.2 cm³/mol. The molecular weight excluding hydrogens is 320 g/mol. The SMILES string of the molecule is COc1ccc(C(=O)COC(=O)c2cc3ccccc3cc2O)cc1. The summed E-state index contributed by atoms with van der Waals surface area (Å²) in [6.07, 6.45) is 0. The molecule has 0 aliphatic heterocycles. The number of Topliss-reactive ketones (excluding diaryl/α,β-unsaturated/α-hetero) is 1. The molecule has 0 aliphatic rings. The summed E-state index contributed by atoms with van der Waals surface area (Å²) in [6, 6.07) is 16.9. The fourth-order valence-corrected chi connectivity index (χ4v) is 2.46. The Kier molecular flexibility index (Phi) is 4.66. The van der Waals surface area contributed by atoms with E-state index in [2.05, 4.69) is 0 Å². The average molecular weight is 336 g/mol. The first kappa shape index (κ1) is 16.5. The van der Waals surface area contributed by atoms with E-state index in [4.69, 9.17) is 9.47 Å². The summed E-state index contributed by atoms with van der Waals surface area (Å²) in [5, 5.41) is 11.6. The quantitative estimate of drug-likeness (QED) is 0.569. The highest BCUT2D eigenvalue weighted by Crippen LogP contribution is 2.25. The van der Waals surface area contributed by atoms with Gasteiger partial charge in [-0.05, 0) is 47.2 Å². The molecule has 3 aromatic rings. The molecule has 5 nitrogen and oxygen atoms in total. The molecule has 0 radical (unpaired) electrons. The van der Waals surface area contributed by atoms with Crippen molar-refractivity contribution in [2.24, 2.45) is 0 Å². The molecule has 1 N–H and O–H groups in total. The van der Waals surface area contributed by atoms with Crippen LogP contribution >= 0.6 is 0 Å². The zero-order valence-electron chi connectivity index (χ0n) is 13.6. The van der Waals surface area contributed by atoms with Crippen molar-refractivity contribution in [3.8, 4) is 11.5 Å². The molecule has 0 bridgehead atoms. The maximum absolute atomic E-state index is 12.2. The zero-order chi connectivity index (χ0) is 17.8. The maximum Gasteiger partial charge on any atom is 0.342 e. The molecule has 126 valence electrons. The number of carbonyl (C=O) groups is 2. The summed E-state index contributed by atoms with van der Waals surface area (Å²) in [4.78, 5) is 24.3. The molecule has 0 saturated heterocycles. The summed E-state index contributed by atoms with van der Waals surface area (Å²) in [5.74, 6) is -0.628. The molecule has 0 saturated carbocycles. The Morgan fingerprint density at radius 2 is 1.60 bits per heavy atom. The fourth-order valence-electron chi connectivity index (χ4n) is 2.46. The number of carbonyl (C=O) groups excluding carboxylic acids is 2. The molecule has 3 rings (SSSR count). The summed E-state index contributed by atoms with van der Waals surface area (Å²) in [6.45, 7) is -0.405. The van der Waals surface area contributed by atoms with Gasteiger partial charge in [0.05, 0.1) is 7.11 Å². The van der Waals surface area contributed by atoms with Crippen LogP contribution in [0.5, 0.6) is 11.5 Å². The largest absolute Gasteiger partial charge is 0.507 e. The first-order chi connectivity index (χ1) is 12.1. The van der Waals surface area contributed by atoms with Crippen LogP contribution < -0.4 is 4.74 Å². The van der Waals surface area contributed by atoms with Crippen LogP contribution in [0.15, 0.2) is 60.7 Å². The fraction of sp³-hybridized carbons (Fsp3) is 0.100. The van der Waals surface area contributed by atoms with E-state index >= 15 is 0 Å². The number of ether oxygens (including phenoxy) is 2.